The van der Waals surface area contributed by atoms with E-state index in [0.29, 0.717) is 34.4 Å². The highest BCUT2D eigenvalue weighted by atomic mass is 32.2. The molecule has 0 spiro atoms. The maximum Gasteiger partial charge on any atom is 0.293 e. The monoisotopic (exact) mass is 438 g/mol. The van der Waals surface area contributed by atoms with Gasteiger partial charge in [0.15, 0.2) is 15.6 Å². The van der Waals surface area contributed by atoms with E-state index in [2.05, 4.69) is 10.1 Å². The van der Waals surface area contributed by atoms with Crippen molar-refractivity contribution < 1.29 is 22.1 Å². The summed E-state index contributed by atoms with van der Waals surface area (Å²) in [5.41, 5.74) is 2.49. The normalized spacial score (nSPS) is 11.6. The Balaban J connectivity index is 1.53. The van der Waals surface area contributed by atoms with Gasteiger partial charge in [0.1, 0.15) is 17.3 Å². The predicted molar refractivity (Wildman–Crippen MR) is 115 cm³/mol. The third-order valence-corrected chi connectivity index (χ3v) is 6.51. The van der Waals surface area contributed by atoms with Crippen molar-refractivity contribution in [2.24, 2.45) is 0 Å². The van der Waals surface area contributed by atoms with Gasteiger partial charge in [-0.1, -0.05) is 22.9 Å². The van der Waals surface area contributed by atoms with E-state index in [0.717, 1.165) is 16.9 Å². The Hall–Kier alpha value is -3.39. The molecule has 0 unspecified atom stereocenters. The van der Waals surface area contributed by atoms with Crippen molar-refractivity contribution in [1.82, 2.24) is 10.1 Å². The standard InChI is InChI=1S/C23H22N2O5S/c1-4-28-18-8-6-17(7-9-18)22-24-23(30-25-22)20-11-10-19(29-20)14-31(26,27)21-12-5-15(2)13-16(21)3/h5-13H,4,14H2,1-3H3. The number of ether oxygens (including phenoxy) is 1. The molecule has 0 radical (unpaired) electrons. The van der Waals surface area contributed by atoms with E-state index < -0.39 is 9.84 Å². The smallest absolute Gasteiger partial charge is 0.293 e. The van der Waals surface area contributed by atoms with Crippen molar-refractivity contribution in [2.45, 2.75) is 31.4 Å². The maximum atomic E-state index is 12.8. The fraction of sp³-hybridized carbons (Fsp3) is 0.217. The van der Waals surface area contributed by atoms with Crippen LogP contribution in [0.25, 0.3) is 23.0 Å². The van der Waals surface area contributed by atoms with Gasteiger partial charge in [-0.3, -0.25) is 0 Å². The van der Waals surface area contributed by atoms with Crippen LogP contribution in [-0.2, 0) is 15.6 Å². The van der Waals surface area contributed by atoms with Gasteiger partial charge in [-0.2, -0.15) is 4.98 Å². The average Bonchev–Trinajstić information content (AvgIpc) is 3.38. The van der Waals surface area contributed by atoms with Crippen molar-refractivity contribution in [3.63, 3.8) is 0 Å². The van der Waals surface area contributed by atoms with Crippen LogP contribution in [0.4, 0.5) is 0 Å². The van der Waals surface area contributed by atoms with Gasteiger partial charge in [0.25, 0.3) is 5.89 Å². The number of hydrogen-bond acceptors (Lipinski definition) is 7. The Morgan fingerprint density at radius 1 is 1.00 bits per heavy atom. The summed E-state index contributed by atoms with van der Waals surface area (Å²) in [6.07, 6.45) is 0. The molecule has 0 bridgehead atoms. The van der Waals surface area contributed by atoms with E-state index in [-0.39, 0.29) is 11.6 Å². The lowest BCUT2D eigenvalue weighted by Crippen LogP contribution is -2.06. The number of hydrogen-bond donors (Lipinski definition) is 0. The van der Waals surface area contributed by atoms with Crippen molar-refractivity contribution in [1.29, 1.82) is 0 Å². The molecule has 4 aromatic rings. The largest absolute Gasteiger partial charge is 0.494 e. The highest BCUT2D eigenvalue weighted by Crippen LogP contribution is 2.27. The van der Waals surface area contributed by atoms with Crippen LogP contribution < -0.4 is 4.74 Å². The molecule has 2 heterocycles. The van der Waals surface area contributed by atoms with Crippen LogP contribution in [0.3, 0.4) is 0 Å². The summed E-state index contributed by atoms with van der Waals surface area (Å²) in [5, 5.41) is 3.98. The number of aryl methyl sites for hydroxylation is 2. The number of aromatic nitrogens is 2. The summed E-state index contributed by atoms with van der Waals surface area (Å²) in [6.45, 7) is 6.22. The third kappa shape index (κ3) is 4.54. The van der Waals surface area contributed by atoms with E-state index in [1.165, 1.54) is 0 Å². The van der Waals surface area contributed by atoms with Crippen LogP contribution in [0.5, 0.6) is 5.75 Å². The Labute approximate surface area is 180 Å². The van der Waals surface area contributed by atoms with Crippen LogP contribution in [-0.4, -0.2) is 25.2 Å². The molecule has 0 N–H and O–H groups in total. The van der Waals surface area contributed by atoms with E-state index in [1.807, 2.05) is 44.2 Å². The number of benzene rings is 2. The van der Waals surface area contributed by atoms with Crippen molar-refractivity contribution >= 4 is 9.84 Å². The zero-order valence-corrected chi connectivity index (χ0v) is 18.3. The summed E-state index contributed by atoms with van der Waals surface area (Å²) in [4.78, 5) is 4.65. The van der Waals surface area contributed by atoms with Gasteiger partial charge in [-0.05, 0) is 68.8 Å². The summed E-state index contributed by atoms with van der Waals surface area (Å²) in [7, 11) is -3.55. The molecular formula is C23H22N2O5S. The highest BCUT2D eigenvalue weighted by molar-refractivity contribution is 7.90. The summed E-state index contributed by atoms with van der Waals surface area (Å²) < 4.78 is 42.1. The number of rotatable bonds is 7. The first-order valence-corrected chi connectivity index (χ1v) is 11.5. The second-order valence-corrected chi connectivity index (χ2v) is 9.13. The molecule has 0 aliphatic carbocycles. The SMILES string of the molecule is CCOc1ccc(-c2noc(-c3ccc(CS(=O)(=O)c4ccc(C)cc4C)o3)n2)cc1. The molecule has 160 valence electrons. The Kier molecular flexibility index (Phi) is 5.65. The average molecular weight is 439 g/mol. The van der Waals surface area contributed by atoms with Gasteiger partial charge in [-0.25, -0.2) is 8.42 Å². The van der Waals surface area contributed by atoms with Gasteiger partial charge in [-0.15, -0.1) is 0 Å². The topological polar surface area (TPSA) is 95.4 Å². The predicted octanol–water partition coefficient (Wildman–Crippen LogP) is 4.99. The van der Waals surface area contributed by atoms with Crippen LogP contribution in [0.2, 0.25) is 0 Å². The van der Waals surface area contributed by atoms with E-state index in [9.17, 15) is 8.42 Å². The first-order chi connectivity index (χ1) is 14.9. The summed E-state index contributed by atoms with van der Waals surface area (Å²) in [6, 6.07) is 15.8. The van der Waals surface area contributed by atoms with Gasteiger partial charge >= 0.3 is 0 Å². The minimum absolute atomic E-state index is 0.180. The molecule has 0 fully saturated rings. The van der Waals surface area contributed by atoms with Crippen LogP contribution in [0, 0.1) is 13.8 Å². The number of nitrogens with zero attached hydrogens (tertiary/aromatic N) is 2. The molecule has 8 heteroatoms. The van der Waals surface area contributed by atoms with Crippen molar-refractivity contribution in [3.8, 4) is 28.8 Å². The van der Waals surface area contributed by atoms with Gasteiger partial charge in [0, 0.05) is 5.56 Å². The first-order valence-electron chi connectivity index (χ1n) is 9.82. The van der Waals surface area contributed by atoms with Crippen LogP contribution in [0.1, 0.15) is 23.8 Å². The minimum Gasteiger partial charge on any atom is -0.494 e. The molecule has 0 aliphatic heterocycles. The van der Waals surface area contributed by atoms with Gasteiger partial charge in [0.2, 0.25) is 5.82 Å². The molecule has 2 aromatic carbocycles. The maximum absolute atomic E-state index is 12.8. The quantitative estimate of drug-likeness (QED) is 0.401. The second-order valence-electron chi connectivity index (χ2n) is 7.17. The highest BCUT2D eigenvalue weighted by Gasteiger charge is 2.21. The van der Waals surface area contributed by atoms with Crippen LogP contribution in [0.15, 0.2) is 68.4 Å². The minimum atomic E-state index is -3.55. The Bertz CT molecular complexity index is 1300. The molecular weight excluding hydrogens is 416 g/mol. The summed E-state index contributed by atoms with van der Waals surface area (Å²) in [5.74, 6) is 1.71. The molecule has 7 nitrogen and oxygen atoms in total. The number of sulfone groups is 1. The molecule has 31 heavy (non-hydrogen) atoms. The fourth-order valence-corrected chi connectivity index (χ4v) is 4.80. The Morgan fingerprint density at radius 3 is 2.48 bits per heavy atom. The van der Waals surface area contributed by atoms with Crippen LogP contribution >= 0.6 is 0 Å². The van der Waals surface area contributed by atoms with E-state index >= 15 is 0 Å². The molecule has 0 saturated heterocycles. The molecule has 0 atom stereocenters. The lowest BCUT2D eigenvalue weighted by Gasteiger charge is -2.07. The van der Waals surface area contributed by atoms with E-state index in [4.69, 9.17) is 13.7 Å². The molecule has 4 rings (SSSR count). The van der Waals surface area contributed by atoms with Gasteiger partial charge < -0.3 is 13.7 Å². The second kappa shape index (κ2) is 8.39. The lowest BCUT2D eigenvalue weighted by molar-refractivity contribution is 0.340. The zero-order valence-electron chi connectivity index (χ0n) is 17.5. The van der Waals surface area contributed by atoms with Crippen molar-refractivity contribution in [2.75, 3.05) is 6.61 Å². The first kappa shape index (κ1) is 20.9. The third-order valence-electron chi connectivity index (χ3n) is 4.72. The fourth-order valence-electron chi connectivity index (χ4n) is 3.29. The van der Waals surface area contributed by atoms with Gasteiger partial charge in [0.05, 0.1) is 11.5 Å². The number of furan rings is 1. The summed E-state index contributed by atoms with van der Waals surface area (Å²) >= 11 is 0. The zero-order chi connectivity index (χ0) is 22.0. The molecule has 0 amide bonds. The van der Waals surface area contributed by atoms with E-state index in [1.54, 1.807) is 31.2 Å². The Morgan fingerprint density at radius 2 is 1.77 bits per heavy atom. The molecule has 0 saturated carbocycles. The molecule has 0 aliphatic rings. The molecule has 2 aromatic heterocycles. The lowest BCUT2D eigenvalue weighted by atomic mass is 10.2. The van der Waals surface area contributed by atoms with Crippen molar-refractivity contribution in [3.05, 3.63) is 71.5 Å².